The molecule has 1 fully saturated rings. The second kappa shape index (κ2) is 7.48. The smallest absolute Gasteiger partial charge is 0.243 e. The molecule has 16 heavy (non-hydrogen) atoms. The molecular formula is C14H25NO. The molecule has 0 bridgehead atoms. The minimum atomic E-state index is -0.0457. The number of nitrogens with one attached hydrogen (secondary N) is 1. The van der Waals surface area contributed by atoms with E-state index in [0.717, 1.165) is 24.8 Å². The van der Waals surface area contributed by atoms with E-state index in [2.05, 4.69) is 18.8 Å². The van der Waals surface area contributed by atoms with Gasteiger partial charge in [0, 0.05) is 6.54 Å². The Kier molecular flexibility index (Phi) is 6.20. The highest BCUT2D eigenvalue weighted by molar-refractivity contribution is 5.86. The summed E-state index contributed by atoms with van der Waals surface area (Å²) in [5, 5.41) is 2.85. The Morgan fingerprint density at radius 3 is 2.69 bits per heavy atom. The van der Waals surface area contributed by atoms with E-state index in [-0.39, 0.29) is 5.91 Å². The van der Waals surface area contributed by atoms with Gasteiger partial charge in [-0.15, -0.1) is 0 Å². The zero-order valence-corrected chi connectivity index (χ0v) is 10.5. The van der Waals surface area contributed by atoms with Crippen LogP contribution in [0.1, 0.15) is 51.9 Å². The van der Waals surface area contributed by atoms with Gasteiger partial charge in [0.05, 0.1) is 0 Å². The molecule has 0 radical (unpaired) electrons. The van der Waals surface area contributed by atoms with Crippen LogP contribution < -0.4 is 5.32 Å². The van der Waals surface area contributed by atoms with Gasteiger partial charge >= 0.3 is 0 Å². The summed E-state index contributed by atoms with van der Waals surface area (Å²) in [4.78, 5) is 11.0. The molecule has 92 valence electrons. The van der Waals surface area contributed by atoms with Crippen LogP contribution >= 0.6 is 0 Å². The number of hydrogen-bond donors (Lipinski definition) is 1. The van der Waals surface area contributed by atoms with Crippen LogP contribution in [0.2, 0.25) is 0 Å². The maximum atomic E-state index is 11.0. The summed E-state index contributed by atoms with van der Waals surface area (Å²) in [6.07, 6.45) is 10.7. The third-order valence-corrected chi connectivity index (χ3v) is 3.83. The van der Waals surface area contributed by atoms with Crippen LogP contribution in [0, 0.1) is 11.8 Å². The van der Waals surface area contributed by atoms with E-state index in [4.69, 9.17) is 0 Å². The van der Waals surface area contributed by atoms with Crippen LogP contribution in [0.5, 0.6) is 0 Å². The molecule has 0 aromatic carbocycles. The first kappa shape index (κ1) is 13.3. The quantitative estimate of drug-likeness (QED) is 0.543. The predicted molar refractivity (Wildman–Crippen MR) is 68.2 cm³/mol. The summed E-state index contributed by atoms with van der Waals surface area (Å²) in [5.74, 6) is 1.79. The van der Waals surface area contributed by atoms with Crippen molar-refractivity contribution >= 4 is 5.91 Å². The van der Waals surface area contributed by atoms with Gasteiger partial charge < -0.3 is 5.32 Å². The molecule has 2 heteroatoms. The van der Waals surface area contributed by atoms with Gasteiger partial charge in [-0.2, -0.15) is 0 Å². The van der Waals surface area contributed by atoms with Crippen molar-refractivity contribution in [3.63, 3.8) is 0 Å². The summed E-state index contributed by atoms with van der Waals surface area (Å²) < 4.78 is 0. The van der Waals surface area contributed by atoms with Crippen molar-refractivity contribution in [2.45, 2.75) is 51.9 Å². The second-order valence-electron chi connectivity index (χ2n) is 4.85. The summed E-state index contributed by atoms with van der Waals surface area (Å²) in [6.45, 7) is 6.55. The van der Waals surface area contributed by atoms with Crippen molar-refractivity contribution in [3.8, 4) is 0 Å². The normalized spacial score (nSPS) is 25.1. The third kappa shape index (κ3) is 4.38. The monoisotopic (exact) mass is 223 g/mol. The van der Waals surface area contributed by atoms with Crippen LogP contribution in [0.4, 0.5) is 0 Å². The second-order valence-corrected chi connectivity index (χ2v) is 4.85. The molecule has 0 spiro atoms. The topological polar surface area (TPSA) is 29.1 Å². The fourth-order valence-corrected chi connectivity index (χ4v) is 2.85. The van der Waals surface area contributed by atoms with Gasteiger partial charge in [-0.3, -0.25) is 4.79 Å². The molecule has 0 aliphatic heterocycles. The molecule has 0 saturated heterocycles. The third-order valence-electron chi connectivity index (χ3n) is 3.83. The van der Waals surface area contributed by atoms with Crippen LogP contribution in [0.25, 0.3) is 0 Å². The first-order valence-electron chi connectivity index (χ1n) is 6.68. The molecule has 1 N–H and O–H groups in total. The Balaban J connectivity index is 2.15. The number of hydrogen-bond acceptors (Lipinski definition) is 1. The fraction of sp³-hybridized carbons (Fsp3) is 0.786. The Morgan fingerprint density at radius 2 is 2.06 bits per heavy atom. The van der Waals surface area contributed by atoms with E-state index >= 15 is 0 Å². The highest BCUT2D eigenvalue weighted by atomic mass is 16.1. The van der Waals surface area contributed by atoms with E-state index in [1.807, 2.05) is 0 Å². The average molecular weight is 223 g/mol. The SMILES string of the molecule is C=CC(=O)NCCCC1CCCCC1CC. The number of carbonyl (C=O) groups is 1. The molecule has 0 heterocycles. The van der Waals surface area contributed by atoms with Crippen LogP contribution in [-0.4, -0.2) is 12.5 Å². The van der Waals surface area contributed by atoms with Crippen molar-refractivity contribution in [1.29, 1.82) is 0 Å². The summed E-state index contributed by atoms with van der Waals surface area (Å²) in [5.41, 5.74) is 0. The maximum absolute atomic E-state index is 11.0. The minimum Gasteiger partial charge on any atom is -0.353 e. The molecular weight excluding hydrogens is 198 g/mol. The van der Waals surface area contributed by atoms with E-state index in [1.165, 1.54) is 44.6 Å². The zero-order valence-electron chi connectivity index (χ0n) is 10.5. The number of carbonyl (C=O) groups excluding carboxylic acids is 1. The van der Waals surface area contributed by atoms with Crippen molar-refractivity contribution in [2.24, 2.45) is 11.8 Å². The Labute approximate surface area is 99.5 Å². The van der Waals surface area contributed by atoms with E-state index in [0.29, 0.717) is 0 Å². The molecule has 1 rings (SSSR count). The summed E-state index contributed by atoms with van der Waals surface area (Å²) in [7, 11) is 0. The van der Waals surface area contributed by atoms with Gasteiger partial charge in [0.25, 0.3) is 0 Å². The van der Waals surface area contributed by atoms with Crippen molar-refractivity contribution < 1.29 is 4.79 Å². The van der Waals surface area contributed by atoms with Gasteiger partial charge in [0.1, 0.15) is 0 Å². The Morgan fingerprint density at radius 1 is 1.38 bits per heavy atom. The molecule has 0 aromatic rings. The lowest BCUT2D eigenvalue weighted by Gasteiger charge is -2.30. The Bertz CT molecular complexity index is 225. The van der Waals surface area contributed by atoms with Gasteiger partial charge in [-0.1, -0.05) is 45.6 Å². The molecule has 2 unspecified atom stereocenters. The number of amides is 1. The fourth-order valence-electron chi connectivity index (χ4n) is 2.85. The molecule has 1 saturated carbocycles. The Hall–Kier alpha value is -0.790. The summed E-state index contributed by atoms with van der Waals surface area (Å²) >= 11 is 0. The van der Waals surface area contributed by atoms with Gasteiger partial charge in [-0.25, -0.2) is 0 Å². The highest BCUT2D eigenvalue weighted by Crippen LogP contribution is 2.34. The predicted octanol–water partition coefficient (Wildman–Crippen LogP) is 3.29. The maximum Gasteiger partial charge on any atom is 0.243 e. The molecule has 1 aliphatic rings. The minimum absolute atomic E-state index is 0.0457. The summed E-state index contributed by atoms with van der Waals surface area (Å²) in [6, 6.07) is 0. The molecule has 1 aliphatic carbocycles. The van der Waals surface area contributed by atoms with Gasteiger partial charge in [0.2, 0.25) is 5.91 Å². The molecule has 0 aromatic heterocycles. The lowest BCUT2D eigenvalue weighted by Crippen LogP contribution is -2.24. The molecule has 2 atom stereocenters. The largest absolute Gasteiger partial charge is 0.353 e. The number of rotatable bonds is 6. The van der Waals surface area contributed by atoms with Gasteiger partial charge in [-0.05, 0) is 30.8 Å². The van der Waals surface area contributed by atoms with Crippen LogP contribution in [0.3, 0.4) is 0 Å². The van der Waals surface area contributed by atoms with E-state index in [9.17, 15) is 4.79 Å². The lowest BCUT2D eigenvalue weighted by atomic mass is 9.76. The first-order chi connectivity index (χ1) is 7.77. The van der Waals surface area contributed by atoms with E-state index in [1.54, 1.807) is 0 Å². The highest BCUT2D eigenvalue weighted by Gasteiger charge is 2.22. The molecule has 1 amide bonds. The van der Waals surface area contributed by atoms with Crippen molar-refractivity contribution in [2.75, 3.05) is 6.54 Å². The van der Waals surface area contributed by atoms with Gasteiger partial charge in [0.15, 0.2) is 0 Å². The lowest BCUT2D eigenvalue weighted by molar-refractivity contribution is -0.116. The molecule has 2 nitrogen and oxygen atoms in total. The average Bonchev–Trinajstić information content (AvgIpc) is 2.34. The van der Waals surface area contributed by atoms with Crippen molar-refractivity contribution in [3.05, 3.63) is 12.7 Å². The van der Waals surface area contributed by atoms with Crippen LogP contribution in [0.15, 0.2) is 12.7 Å². The van der Waals surface area contributed by atoms with Crippen LogP contribution in [-0.2, 0) is 4.79 Å². The van der Waals surface area contributed by atoms with E-state index < -0.39 is 0 Å². The standard InChI is InChI=1S/C14H25NO/c1-3-12-8-5-6-9-13(12)10-7-11-15-14(16)4-2/h4,12-13H,2-3,5-11H2,1H3,(H,15,16). The zero-order chi connectivity index (χ0) is 11.8. The first-order valence-corrected chi connectivity index (χ1v) is 6.68. The van der Waals surface area contributed by atoms with Crippen molar-refractivity contribution in [1.82, 2.24) is 5.32 Å².